The highest BCUT2D eigenvalue weighted by Gasteiger charge is 2.58. The number of ether oxygens (including phenoxy) is 2. The predicted octanol–water partition coefficient (Wildman–Crippen LogP) is 4.59. The first kappa shape index (κ1) is 23.1. The summed E-state index contributed by atoms with van der Waals surface area (Å²) in [5.74, 6) is 0.309. The van der Waals surface area contributed by atoms with Crippen LogP contribution in [0, 0.1) is 29.1 Å². The van der Waals surface area contributed by atoms with Gasteiger partial charge in [-0.1, -0.05) is 39.0 Å². The maximum absolute atomic E-state index is 12.2. The van der Waals surface area contributed by atoms with E-state index in [1.807, 2.05) is 19.9 Å². The molecule has 8 atom stereocenters. The first-order valence-corrected chi connectivity index (χ1v) is 11.5. The third kappa shape index (κ3) is 4.23. The van der Waals surface area contributed by atoms with Crippen LogP contribution in [-0.4, -0.2) is 35.4 Å². The van der Waals surface area contributed by atoms with E-state index in [1.54, 1.807) is 0 Å². The average Bonchev–Trinajstić information content (AvgIpc) is 3.05. The molecule has 0 spiro atoms. The van der Waals surface area contributed by atoms with Crippen molar-refractivity contribution in [1.82, 2.24) is 0 Å². The van der Waals surface area contributed by atoms with Crippen LogP contribution in [-0.2, 0) is 19.1 Å². The third-order valence-corrected chi connectivity index (χ3v) is 8.16. The highest BCUT2D eigenvalue weighted by molar-refractivity contribution is 5.69. The Morgan fingerprint density at radius 2 is 2.00 bits per heavy atom. The van der Waals surface area contributed by atoms with Crippen LogP contribution in [0.3, 0.4) is 0 Å². The molecule has 3 aliphatic carbocycles. The molecule has 2 fully saturated rings. The number of hydrogen-bond donors (Lipinski definition) is 1. The van der Waals surface area contributed by atoms with Crippen molar-refractivity contribution in [3.8, 4) is 0 Å². The fraction of sp³-hybridized carbons (Fsp3) is 0.760. The second-order valence-corrected chi connectivity index (χ2v) is 9.97. The molecule has 0 aromatic carbocycles. The van der Waals surface area contributed by atoms with E-state index in [0.29, 0.717) is 25.2 Å². The number of aliphatic hydroxyl groups is 1. The quantitative estimate of drug-likeness (QED) is 0.536. The van der Waals surface area contributed by atoms with Crippen molar-refractivity contribution < 1.29 is 24.2 Å². The minimum absolute atomic E-state index is 0.106. The van der Waals surface area contributed by atoms with Crippen molar-refractivity contribution in [1.29, 1.82) is 0 Å². The van der Waals surface area contributed by atoms with E-state index in [4.69, 9.17) is 9.47 Å². The highest BCUT2D eigenvalue weighted by atomic mass is 16.5. The number of esters is 2. The lowest BCUT2D eigenvalue weighted by atomic mass is 9.58. The SMILES string of the molecule is C=C1[C@@H]2C[C@@H](O)/C(C)=C/C[C@H](OC(C)=O)[C@@H](C)[C@@H]3CC[C@](C)([C@@H](OC(=O)CC)C2)[C@H]13. The maximum atomic E-state index is 12.2. The highest BCUT2D eigenvalue weighted by Crippen LogP contribution is 2.61. The Hall–Kier alpha value is -1.62. The van der Waals surface area contributed by atoms with Crippen LogP contribution in [0.2, 0.25) is 0 Å². The van der Waals surface area contributed by atoms with Gasteiger partial charge in [-0.05, 0) is 61.9 Å². The first-order valence-electron chi connectivity index (χ1n) is 11.5. The topological polar surface area (TPSA) is 72.8 Å². The second-order valence-electron chi connectivity index (χ2n) is 9.97. The molecular formula is C25H38O5. The number of carbonyl (C=O) groups is 2. The zero-order valence-electron chi connectivity index (χ0n) is 19.1. The van der Waals surface area contributed by atoms with Gasteiger partial charge in [0.1, 0.15) is 12.2 Å². The van der Waals surface area contributed by atoms with Gasteiger partial charge in [-0.2, -0.15) is 0 Å². The number of fused-ring (bicyclic) bond motifs is 1. The number of aliphatic hydroxyl groups excluding tert-OH is 1. The monoisotopic (exact) mass is 418 g/mol. The van der Waals surface area contributed by atoms with Gasteiger partial charge in [0.2, 0.25) is 0 Å². The van der Waals surface area contributed by atoms with Crippen molar-refractivity contribution in [2.75, 3.05) is 0 Å². The molecule has 2 bridgehead atoms. The summed E-state index contributed by atoms with van der Waals surface area (Å²) in [6, 6.07) is 0. The lowest BCUT2D eigenvalue weighted by Gasteiger charge is -2.50. The van der Waals surface area contributed by atoms with Gasteiger partial charge in [0.15, 0.2) is 0 Å². The lowest BCUT2D eigenvalue weighted by Crippen LogP contribution is -2.49. The van der Waals surface area contributed by atoms with Gasteiger partial charge in [-0.25, -0.2) is 0 Å². The molecule has 0 saturated heterocycles. The summed E-state index contributed by atoms with van der Waals surface area (Å²) in [6.07, 6.45) is 5.27. The summed E-state index contributed by atoms with van der Waals surface area (Å²) < 4.78 is 11.7. The number of rotatable bonds is 3. The van der Waals surface area contributed by atoms with Gasteiger partial charge in [0, 0.05) is 25.2 Å². The minimum Gasteiger partial charge on any atom is -0.462 e. The summed E-state index contributed by atoms with van der Waals surface area (Å²) in [5.41, 5.74) is 1.90. The van der Waals surface area contributed by atoms with Gasteiger partial charge >= 0.3 is 11.9 Å². The molecule has 3 aliphatic rings. The van der Waals surface area contributed by atoms with Crippen molar-refractivity contribution in [2.24, 2.45) is 29.1 Å². The van der Waals surface area contributed by atoms with Crippen molar-refractivity contribution in [3.63, 3.8) is 0 Å². The number of carbonyl (C=O) groups excluding carboxylic acids is 2. The summed E-state index contributed by atoms with van der Waals surface area (Å²) in [5, 5.41) is 10.9. The van der Waals surface area contributed by atoms with Crippen LogP contribution in [0.25, 0.3) is 0 Å². The molecule has 2 saturated carbocycles. The molecule has 0 aliphatic heterocycles. The molecule has 30 heavy (non-hydrogen) atoms. The van der Waals surface area contributed by atoms with Crippen molar-refractivity contribution >= 4 is 11.9 Å². The first-order chi connectivity index (χ1) is 14.1. The van der Waals surface area contributed by atoms with Crippen LogP contribution in [0.15, 0.2) is 23.8 Å². The molecular weight excluding hydrogens is 380 g/mol. The Labute approximate surface area is 180 Å². The van der Waals surface area contributed by atoms with E-state index in [0.717, 1.165) is 24.8 Å². The number of allylic oxidation sites excluding steroid dienone is 1. The normalized spacial score (nSPS) is 43.2. The molecule has 0 unspecified atom stereocenters. The molecule has 0 heterocycles. The van der Waals surface area contributed by atoms with Crippen LogP contribution in [0.5, 0.6) is 0 Å². The molecule has 0 aromatic rings. The summed E-state index contributed by atoms with van der Waals surface area (Å²) in [6.45, 7) is 14.1. The zero-order valence-corrected chi connectivity index (χ0v) is 19.1. The summed E-state index contributed by atoms with van der Waals surface area (Å²) in [4.78, 5) is 24.0. The van der Waals surface area contributed by atoms with Crippen LogP contribution in [0.1, 0.15) is 73.1 Å². The zero-order chi connectivity index (χ0) is 22.2. The van der Waals surface area contributed by atoms with Crippen LogP contribution < -0.4 is 0 Å². The maximum Gasteiger partial charge on any atom is 0.305 e. The summed E-state index contributed by atoms with van der Waals surface area (Å²) in [7, 11) is 0. The Kier molecular flexibility index (Phi) is 6.81. The minimum atomic E-state index is -0.579. The molecule has 0 radical (unpaired) electrons. The van der Waals surface area contributed by atoms with E-state index in [1.165, 1.54) is 12.5 Å². The molecule has 168 valence electrons. The lowest BCUT2D eigenvalue weighted by molar-refractivity contribution is -0.162. The van der Waals surface area contributed by atoms with Gasteiger partial charge in [0.05, 0.1) is 6.10 Å². The smallest absolute Gasteiger partial charge is 0.305 e. The molecule has 5 heteroatoms. The third-order valence-electron chi connectivity index (χ3n) is 8.16. The van der Waals surface area contributed by atoms with Crippen molar-refractivity contribution in [2.45, 2.75) is 91.5 Å². The Morgan fingerprint density at radius 1 is 1.30 bits per heavy atom. The Bertz CT molecular complexity index is 725. The van der Waals surface area contributed by atoms with E-state index in [2.05, 4.69) is 20.4 Å². The molecule has 0 amide bonds. The standard InChI is InChI=1S/C25H38O5/c1-7-23(28)30-22-13-18-12-20(27)14(2)8-9-21(29-17(5)26)16(4)19-10-11-25(22,6)24(19)15(18)3/h8,16,18-22,24,27H,3,7,9-13H2,1-2,4-6H3/b14-8+/t16-,18+,19-,20+,21-,22-,24+,25+/m0/s1. The van der Waals surface area contributed by atoms with Crippen LogP contribution >= 0.6 is 0 Å². The Morgan fingerprint density at radius 3 is 2.63 bits per heavy atom. The van der Waals surface area contributed by atoms with Gasteiger partial charge in [-0.15, -0.1) is 0 Å². The van der Waals surface area contributed by atoms with Gasteiger partial charge in [0.25, 0.3) is 0 Å². The molecule has 5 nitrogen and oxygen atoms in total. The largest absolute Gasteiger partial charge is 0.462 e. The average molecular weight is 419 g/mol. The van der Waals surface area contributed by atoms with E-state index < -0.39 is 6.10 Å². The molecule has 3 rings (SSSR count). The van der Waals surface area contributed by atoms with E-state index in [-0.39, 0.29) is 47.3 Å². The Balaban J connectivity index is 2.03. The second kappa shape index (κ2) is 8.86. The fourth-order valence-electron chi connectivity index (χ4n) is 6.27. The molecule has 1 N–H and O–H groups in total. The van der Waals surface area contributed by atoms with E-state index in [9.17, 15) is 14.7 Å². The van der Waals surface area contributed by atoms with E-state index >= 15 is 0 Å². The number of hydrogen-bond acceptors (Lipinski definition) is 5. The summed E-state index contributed by atoms with van der Waals surface area (Å²) >= 11 is 0. The van der Waals surface area contributed by atoms with Gasteiger partial charge < -0.3 is 14.6 Å². The predicted molar refractivity (Wildman–Crippen MR) is 115 cm³/mol. The van der Waals surface area contributed by atoms with Crippen molar-refractivity contribution in [3.05, 3.63) is 23.8 Å². The molecule has 0 aromatic heterocycles. The van der Waals surface area contributed by atoms with Crippen LogP contribution in [0.4, 0.5) is 0 Å². The van der Waals surface area contributed by atoms with Gasteiger partial charge in [-0.3, -0.25) is 9.59 Å². The fourth-order valence-corrected chi connectivity index (χ4v) is 6.27.